The number of hydrogen-bond donors (Lipinski definition) is 1. The van der Waals surface area contributed by atoms with E-state index in [-0.39, 0.29) is 13.2 Å². The Kier molecular flexibility index (Phi) is 4.25. The summed E-state index contributed by atoms with van der Waals surface area (Å²) in [6.45, 7) is 0.369. The Morgan fingerprint density at radius 2 is 1.83 bits per heavy atom. The van der Waals surface area contributed by atoms with Crippen molar-refractivity contribution in [2.75, 3.05) is 6.61 Å². The van der Waals surface area contributed by atoms with Crippen LogP contribution in [-0.4, -0.2) is 29.1 Å². The maximum Gasteiger partial charge on any atom is 0.328 e. The number of para-hydroxylation sites is 3. The van der Waals surface area contributed by atoms with Crippen LogP contribution >= 0.6 is 11.6 Å². The van der Waals surface area contributed by atoms with Crippen LogP contribution in [0.1, 0.15) is 0 Å². The van der Waals surface area contributed by atoms with Crippen LogP contribution < -0.4 is 4.74 Å². The molecule has 0 saturated carbocycles. The number of benzene rings is 2. The molecule has 0 aliphatic carbocycles. The number of imidazole rings is 1. The number of nitrogens with zero attached hydrogens (tertiary/aromatic N) is 2. The Labute approximate surface area is 138 Å². The molecule has 6 nitrogen and oxygen atoms in total. The van der Waals surface area contributed by atoms with Gasteiger partial charge in [0.2, 0.25) is 0 Å². The summed E-state index contributed by atoms with van der Waals surface area (Å²) in [6.07, 6.45) is 0. The molecule has 23 heavy (non-hydrogen) atoms. The average molecular weight is 353 g/mol. The van der Waals surface area contributed by atoms with Gasteiger partial charge in [-0.25, -0.2) is 4.98 Å². The highest BCUT2D eigenvalue weighted by molar-refractivity contribution is 7.85. The second kappa shape index (κ2) is 6.19. The fraction of sp³-hybridized carbons (Fsp3) is 0.133. The van der Waals surface area contributed by atoms with Crippen molar-refractivity contribution in [1.82, 2.24) is 9.55 Å². The Bertz CT molecular complexity index is 953. The van der Waals surface area contributed by atoms with Gasteiger partial charge in [0.15, 0.2) is 0 Å². The van der Waals surface area contributed by atoms with E-state index in [1.165, 1.54) is 4.57 Å². The van der Waals surface area contributed by atoms with Crippen LogP contribution in [-0.2, 0) is 16.7 Å². The Hall–Kier alpha value is -2.09. The van der Waals surface area contributed by atoms with Crippen LogP contribution in [0.3, 0.4) is 0 Å². The van der Waals surface area contributed by atoms with Gasteiger partial charge in [-0.2, -0.15) is 8.42 Å². The normalized spacial score (nSPS) is 11.7. The molecule has 0 aliphatic rings. The molecule has 0 amide bonds. The molecule has 0 atom stereocenters. The van der Waals surface area contributed by atoms with E-state index in [1.54, 1.807) is 48.5 Å². The van der Waals surface area contributed by atoms with Crippen molar-refractivity contribution in [1.29, 1.82) is 0 Å². The standard InChI is InChI=1S/C15H13ClN2O4S/c16-11-5-1-4-8-14(11)22-10-9-18-13-7-3-2-6-12(13)17-15(18)23(19,20)21/h1-8H,9-10H2,(H,19,20,21). The van der Waals surface area contributed by atoms with E-state index < -0.39 is 15.3 Å². The highest BCUT2D eigenvalue weighted by Gasteiger charge is 2.21. The van der Waals surface area contributed by atoms with E-state index in [2.05, 4.69) is 4.98 Å². The minimum Gasteiger partial charge on any atom is -0.490 e. The Balaban J connectivity index is 1.89. The number of rotatable bonds is 5. The van der Waals surface area contributed by atoms with Gasteiger partial charge in [-0.3, -0.25) is 4.55 Å². The minimum absolute atomic E-state index is 0.173. The van der Waals surface area contributed by atoms with Gasteiger partial charge in [-0.05, 0) is 24.3 Å². The van der Waals surface area contributed by atoms with Gasteiger partial charge in [0.1, 0.15) is 12.4 Å². The third-order valence-corrected chi connectivity index (χ3v) is 4.34. The van der Waals surface area contributed by atoms with Crippen LogP contribution in [0.25, 0.3) is 11.0 Å². The number of ether oxygens (including phenoxy) is 1. The van der Waals surface area contributed by atoms with E-state index in [0.717, 1.165) is 0 Å². The second-order valence-electron chi connectivity index (χ2n) is 4.79. The predicted octanol–water partition coefficient (Wildman–Crippen LogP) is 3.02. The van der Waals surface area contributed by atoms with E-state index >= 15 is 0 Å². The maximum absolute atomic E-state index is 11.5. The summed E-state index contributed by atoms with van der Waals surface area (Å²) in [6, 6.07) is 13.9. The molecular weight excluding hydrogens is 340 g/mol. The van der Waals surface area contributed by atoms with Gasteiger partial charge < -0.3 is 9.30 Å². The van der Waals surface area contributed by atoms with Gasteiger partial charge in [-0.1, -0.05) is 35.9 Å². The average Bonchev–Trinajstić information content (AvgIpc) is 2.88. The maximum atomic E-state index is 11.5. The van der Waals surface area contributed by atoms with Crippen molar-refractivity contribution in [2.24, 2.45) is 0 Å². The third-order valence-electron chi connectivity index (χ3n) is 3.26. The summed E-state index contributed by atoms with van der Waals surface area (Å²) < 4.78 is 39.4. The largest absolute Gasteiger partial charge is 0.490 e. The van der Waals surface area contributed by atoms with Crippen molar-refractivity contribution in [2.45, 2.75) is 11.7 Å². The van der Waals surface area contributed by atoms with Gasteiger partial charge in [-0.15, -0.1) is 0 Å². The number of hydrogen-bond acceptors (Lipinski definition) is 4. The lowest BCUT2D eigenvalue weighted by molar-refractivity contribution is 0.294. The van der Waals surface area contributed by atoms with Crippen molar-refractivity contribution in [3.63, 3.8) is 0 Å². The van der Waals surface area contributed by atoms with Crippen LogP contribution in [0.15, 0.2) is 53.7 Å². The molecule has 0 spiro atoms. The molecule has 1 N–H and O–H groups in total. The van der Waals surface area contributed by atoms with Crippen LogP contribution in [0.5, 0.6) is 5.75 Å². The first-order chi connectivity index (χ1) is 11.0. The van der Waals surface area contributed by atoms with E-state index in [4.69, 9.17) is 16.3 Å². The fourth-order valence-corrected chi connectivity index (χ4v) is 3.15. The zero-order chi connectivity index (χ0) is 16.4. The SMILES string of the molecule is O=S(=O)(O)c1nc2ccccc2n1CCOc1ccccc1Cl. The molecule has 2 aromatic carbocycles. The van der Waals surface area contributed by atoms with Crippen molar-refractivity contribution in [3.8, 4) is 5.75 Å². The molecule has 3 aromatic rings. The summed E-state index contributed by atoms with van der Waals surface area (Å²) in [4.78, 5) is 3.97. The highest BCUT2D eigenvalue weighted by Crippen LogP contribution is 2.24. The predicted molar refractivity (Wildman–Crippen MR) is 86.5 cm³/mol. The molecular formula is C15H13ClN2O4S. The van der Waals surface area contributed by atoms with Gasteiger partial charge >= 0.3 is 10.1 Å². The minimum atomic E-state index is -4.43. The van der Waals surface area contributed by atoms with E-state index in [1.807, 2.05) is 0 Å². The lowest BCUT2D eigenvalue weighted by Gasteiger charge is -2.10. The molecule has 0 aliphatic heterocycles. The molecule has 0 radical (unpaired) electrons. The first-order valence-electron chi connectivity index (χ1n) is 6.77. The summed E-state index contributed by atoms with van der Waals surface area (Å²) >= 11 is 6.00. The zero-order valence-electron chi connectivity index (χ0n) is 11.9. The van der Waals surface area contributed by atoms with E-state index in [9.17, 15) is 13.0 Å². The smallest absolute Gasteiger partial charge is 0.328 e. The fourth-order valence-electron chi connectivity index (χ4n) is 2.28. The Morgan fingerprint density at radius 1 is 1.13 bits per heavy atom. The van der Waals surface area contributed by atoms with Crippen LogP contribution in [0.2, 0.25) is 5.02 Å². The van der Waals surface area contributed by atoms with Crippen LogP contribution in [0.4, 0.5) is 0 Å². The van der Waals surface area contributed by atoms with Gasteiger partial charge in [0, 0.05) is 0 Å². The number of halogens is 1. The topological polar surface area (TPSA) is 81.4 Å². The van der Waals surface area contributed by atoms with Crippen molar-refractivity contribution < 1.29 is 17.7 Å². The lowest BCUT2D eigenvalue weighted by Crippen LogP contribution is -2.14. The van der Waals surface area contributed by atoms with Gasteiger partial charge in [0.25, 0.3) is 5.16 Å². The first-order valence-corrected chi connectivity index (χ1v) is 8.59. The molecule has 0 fully saturated rings. The lowest BCUT2D eigenvalue weighted by atomic mass is 10.3. The molecule has 0 saturated heterocycles. The second-order valence-corrected chi connectivity index (χ2v) is 6.51. The van der Waals surface area contributed by atoms with Crippen LogP contribution in [0, 0.1) is 0 Å². The first kappa shape index (κ1) is 15.8. The van der Waals surface area contributed by atoms with Gasteiger partial charge in [0.05, 0.1) is 22.6 Å². The molecule has 1 heterocycles. The summed E-state index contributed by atoms with van der Waals surface area (Å²) in [5, 5.41) is 0.0689. The van der Waals surface area contributed by atoms with Crippen molar-refractivity contribution in [3.05, 3.63) is 53.6 Å². The number of fused-ring (bicyclic) bond motifs is 1. The molecule has 3 rings (SSSR count). The molecule has 0 bridgehead atoms. The zero-order valence-corrected chi connectivity index (χ0v) is 13.5. The quantitative estimate of drug-likeness (QED) is 0.714. The highest BCUT2D eigenvalue weighted by atomic mass is 35.5. The number of aromatic nitrogens is 2. The summed E-state index contributed by atoms with van der Waals surface area (Å²) in [7, 11) is -4.43. The molecule has 8 heteroatoms. The molecule has 120 valence electrons. The Morgan fingerprint density at radius 3 is 2.57 bits per heavy atom. The van der Waals surface area contributed by atoms with Crippen molar-refractivity contribution >= 4 is 32.8 Å². The molecule has 0 unspecified atom stereocenters. The third kappa shape index (κ3) is 3.31. The summed E-state index contributed by atoms with van der Waals surface area (Å²) in [5.74, 6) is 0.506. The monoisotopic (exact) mass is 352 g/mol. The molecule has 1 aromatic heterocycles. The summed E-state index contributed by atoms with van der Waals surface area (Å²) in [5.41, 5.74) is 1.08. The van der Waals surface area contributed by atoms with E-state index in [0.29, 0.717) is 21.8 Å².